The van der Waals surface area contributed by atoms with Crippen molar-refractivity contribution >= 4 is 31.2 Å². The van der Waals surface area contributed by atoms with E-state index in [0.29, 0.717) is 11.3 Å². The highest BCUT2D eigenvalue weighted by Crippen LogP contribution is 2.23. The largest absolute Gasteiger partial charge is 0.299 e. The van der Waals surface area contributed by atoms with Gasteiger partial charge < -0.3 is 0 Å². The van der Waals surface area contributed by atoms with Gasteiger partial charge in [0.2, 0.25) is 0 Å². The quantitative estimate of drug-likeness (QED) is 0.139. The molecule has 0 aliphatic heterocycles. The Morgan fingerprint density at radius 3 is 1.71 bits per heavy atom. The van der Waals surface area contributed by atoms with Crippen LogP contribution in [0.25, 0.3) is 0 Å². The Morgan fingerprint density at radius 2 is 1.19 bits per heavy atom. The highest BCUT2D eigenvalue weighted by atomic mass is 28.3. The molecule has 0 saturated heterocycles. The van der Waals surface area contributed by atoms with Crippen LogP contribution in [0.15, 0.2) is 96.1 Å². The van der Waals surface area contributed by atoms with Crippen molar-refractivity contribution in [1.82, 2.24) is 0 Å². The number of nitrogens with zero attached hydrogens (tertiary/aromatic N) is 2. The van der Waals surface area contributed by atoms with Crippen LogP contribution in [0, 0.1) is 0 Å². The number of Topliss-reactive ketones (excluding diaryl/α,β-unsaturated/α-hetero) is 2. The van der Waals surface area contributed by atoms with E-state index < -0.39 is 8.24 Å². The molecule has 0 N–H and O–H groups in total. The number of hydrazone groups is 1. The average Bonchev–Trinajstić information content (AvgIpc) is 2.77. The van der Waals surface area contributed by atoms with Gasteiger partial charge in [0.05, 0.1) is 18.6 Å². The van der Waals surface area contributed by atoms with Gasteiger partial charge in [-0.25, -0.2) is 0 Å². The monoisotopic (exact) mass is 428 g/mol. The first-order valence-corrected chi connectivity index (χ1v) is 13.9. The first-order valence-electron chi connectivity index (χ1n) is 10.4. The molecule has 3 aromatic carbocycles. The van der Waals surface area contributed by atoms with Gasteiger partial charge in [-0.15, -0.1) is 0 Å². The molecule has 0 aliphatic rings. The molecule has 0 saturated carbocycles. The fourth-order valence-electron chi connectivity index (χ4n) is 3.27. The first kappa shape index (κ1) is 22.4. The number of para-hydroxylation sites is 1. The van der Waals surface area contributed by atoms with E-state index in [1.165, 1.54) is 0 Å². The average molecular weight is 429 g/mol. The SMILES string of the molecule is C[Si](C)(C)N(/N=C(\CC(=O)CC(=O)c1ccccc1)c1ccccc1)c1ccccc1. The Bertz CT molecular complexity index is 1040. The number of carbonyl (C=O) groups excluding carboxylic acids is 2. The normalized spacial score (nSPS) is 11.8. The summed E-state index contributed by atoms with van der Waals surface area (Å²) in [7, 11) is -1.89. The lowest BCUT2D eigenvalue weighted by atomic mass is 10.00. The molecule has 0 atom stereocenters. The van der Waals surface area contributed by atoms with E-state index >= 15 is 0 Å². The van der Waals surface area contributed by atoms with E-state index in [-0.39, 0.29) is 24.4 Å². The minimum Gasteiger partial charge on any atom is -0.299 e. The zero-order valence-corrected chi connectivity index (χ0v) is 19.3. The predicted octanol–water partition coefficient (Wildman–Crippen LogP) is 5.96. The van der Waals surface area contributed by atoms with Crippen LogP contribution in [-0.4, -0.2) is 25.5 Å². The summed E-state index contributed by atoms with van der Waals surface area (Å²) in [5.74, 6) is -0.303. The molecule has 0 unspecified atom stereocenters. The molecule has 158 valence electrons. The molecular weight excluding hydrogens is 400 g/mol. The van der Waals surface area contributed by atoms with Gasteiger partial charge in [-0.1, -0.05) is 78.9 Å². The number of hydrogen-bond acceptors (Lipinski definition) is 4. The van der Waals surface area contributed by atoms with Crippen LogP contribution in [0.5, 0.6) is 0 Å². The van der Waals surface area contributed by atoms with Gasteiger partial charge in [-0.2, -0.15) is 5.10 Å². The summed E-state index contributed by atoms with van der Waals surface area (Å²) >= 11 is 0. The van der Waals surface area contributed by atoms with E-state index in [4.69, 9.17) is 5.10 Å². The summed E-state index contributed by atoms with van der Waals surface area (Å²) in [6.07, 6.45) is -0.0233. The van der Waals surface area contributed by atoms with Gasteiger partial charge in [0.1, 0.15) is 5.78 Å². The molecule has 0 aliphatic carbocycles. The van der Waals surface area contributed by atoms with Crippen molar-refractivity contribution in [2.75, 3.05) is 4.67 Å². The minimum atomic E-state index is -1.89. The summed E-state index contributed by atoms with van der Waals surface area (Å²) < 4.78 is 2.07. The molecular formula is C26H28N2O2Si. The standard InChI is InChI=1S/C26H28N2O2Si/c1-31(2,3)28(23-17-11-6-12-18-23)27-25(21-13-7-4-8-14-21)19-24(29)20-26(30)22-15-9-5-10-16-22/h4-18H,19-20H2,1-3H3/b27-25+. The van der Waals surface area contributed by atoms with Gasteiger partial charge >= 0.3 is 0 Å². The maximum Gasteiger partial charge on any atom is 0.176 e. The number of anilines is 1. The minimum absolute atomic E-state index is 0.108. The first-order chi connectivity index (χ1) is 14.8. The van der Waals surface area contributed by atoms with Crippen molar-refractivity contribution in [2.45, 2.75) is 32.5 Å². The van der Waals surface area contributed by atoms with Crippen molar-refractivity contribution in [2.24, 2.45) is 5.10 Å². The Hall–Kier alpha value is -3.31. The molecule has 0 bridgehead atoms. The number of carbonyl (C=O) groups is 2. The molecule has 0 spiro atoms. The van der Waals surface area contributed by atoms with Crippen molar-refractivity contribution in [3.05, 3.63) is 102 Å². The lowest BCUT2D eigenvalue weighted by molar-refractivity contribution is -0.117. The molecule has 31 heavy (non-hydrogen) atoms. The molecule has 0 fully saturated rings. The predicted molar refractivity (Wildman–Crippen MR) is 130 cm³/mol. The summed E-state index contributed by atoms with van der Waals surface area (Å²) in [5, 5.41) is 4.99. The van der Waals surface area contributed by atoms with E-state index in [1.807, 2.05) is 66.7 Å². The molecule has 0 radical (unpaired) electrons. The van der Waals surface area contributed by atoms with Crippen LogP contribution in [0.1, 0.15) is 28.8 Å². The molecule has 0 heterocycles. The Labute approximate surface area is 185 Å². The van der Waals surface area contributed by atoms with Crippen LogP contribution in [0.3, 0.4) is 0 Å². The molecule has 0 amide bonds. The van der Waals surface area contributed by atoms with Gasteiger partial charge in [-0.05, 0) is 37.3 Å². The summed E-state index contributed by atoms with van der Waals surface area (Å²) in [4.78, 5) is 25.4. The molecule has 3 aromatic rings. The van der Waals surface area contributed by atoms with Crippen LogP contribution < -0.4 is 4.67 Å². The maximum atomic E-state index is 12.9. The van der Waals surface area contributed by atoms with Gasteiger partial charge in [0.15, 0.2) is 14.0 Å². The Kier molecular flexibility index (Phi) is 7.31. The zero-order chi connectivity index (χ0) is 22.3. The molecule has 3 rings (SSSR count). The van der Waals surface area contributed by atoms with Crippen LogP contribution >= 0.6 is 0 Å². The van der Waals surface area contributed by atoms with Crippen LogP contribution in [-0.2, 0) is 4.79 Å². The second kappa shape index (κ2) is 10.1. The van der Waals surface area contributed by atoms with Crippen LogP contribution in [0.2, 0.25) is 19.6 Å². The molecule has 4 nitrogen and oxygen atoms in total. The van der Waals surface area contributed by atoms with E-state index in [0.717, 1.165) is 11.3 Å². The highest BCUT2D eigenvalue weighted by Gasteiger charge is 2.26. The zero-order valence-electron chi connectivity index (χ0n) is 18.3. The van der Waals surface area contributed by atoms with Gasteiger partial charge in [0.25, 0.3) is 0 Å². The lowest BCUT2D eigenvalue weighted by Gasteiger charge is -2.32. The fourth-order valence-corrected chi connectivity index (χ4v) is 4.61. The number of rotatable bonds is 9. The number of benzene rings is 3. The Morgan fingerprint density at radius 1 is 0.710 bits per heavy atom. The van der Waals surface area contributed by atoms with E-state index in [9.17, 15) is 9.59 Å². The second-order valence-electron chi connectivity index (χ2n) is 8.41. The third kappa shape index (κ3) is 6.33. The summed E-state index contributed by atoms with van der Waals surface area (Å²) in [5.41, 5.74) is 3.13. The molecule has 0 aromatic heterocycles. The maximum absolute atomic E-state index is 12.9. The number of hydrogen-bond donors (Lipinski definition) is 0. The van der Waals surface area contributed by atoms with E-state index in [2.05, 4.69) is 24.3 Å². The summed E-state index contributed by atoms with van der Waals surface area (Å²) in [6, 6.07) is 28.7. The van der Waals surface area contributed by atoms with Crippen molar-refractivity contribution in [3.63, 3.8) is 0 Å². The number of ketones is 2. The highest BCUT2D eigenvalue weighted by molar-refractivity contribution is 6.79. The van der Waals surface area contributed by atoms with Gasteiger partial charge in [-0.3, -0.25) is 14.3 Å². The van der Waals surface area contributed by atoms with Crippen molar-refractivity contribution < 1.29 is 9.59 Å². The van der Waals surface area contributed by atoms with E-state index in [1.54, 1.807) is 24.3 Å². The lowest BCUT2D eigenvalue weighted by Crippen LogP contribution is -2.43. The van der Waals surface area contributed by atoms with Crippen molar-refractivity contribution in [1.29, 1.82) is 0 Å². The smallest absolute Gasteiger partial charge is 0.176 e. The fraction of sp³-hybridized carbons (Fsp3) is 0.192. The Balaban J connectivity index is 1.91. The topological polar surface area (TPSA) is 49.7 Å². The third-order valence-corrected chi connectivity index (χ3v) is 6.41. The second-order valence-corrected chi connectivity index (χ2v) is 13.2. The third-order valence-electron chi connectivity index (χ3n) is 4.78. The van der Waals surface area contributed by atoms with Crippen LogP contribution in [0.4, 0.5) is 5.69 Å². The summed E-state index contributed by atoms with van der Waals surface area (Å²) in [6.45, 7) is 6.65. The van der Waals surface area contributed by atoms with Gasteiger partial charge in [0, 0.05) is 11.3 Å². The van der Waals surface area contributed by atoms with Crippen molar-refractivity contribution in [3.8, 4) is 0 Å². The molecule has 5 heteroatoms.